The summed E-state index contributed by atoms with van der Waals surface area (Å²) in [6, 6.07) is 15.9. The van der Waals surface area contributed by atoms with Crippen LogP contribution in [0.15, 0.2) is 59.0 Å². The fraction of sp³-hybridized carbons (Fsp3) is 0.125. The van der Waals surface area contributed by atoms with Crippen molar-refractivity contribution in [2.75, 3.05) is 0 Å². The SMILES string of the molecule is OC(c1ccccc1)C(O)c1cc2cc(Cl)ccc2o1. The van der Waals surface area contributed by atoms with Gasteiger partial charge in [0.15, 0.2) is 0 Å². The van der Waals surface area contributed by atoms with Gasteiger partial charge in [-0.25, -0.2) is 0 Å². The van der Waals surface area contributed by atoms with Gasteiger partial charge in [0.25, 0.3) is 0 Å². The van der Waals surface area contributed by atoms with Crippen molar-refractivity contribution < 1.29 is 14.6 Å². The third-order valence-corrected chi connectivity index (χ3v) is 3.46. The highest BCUT2D eigenvalue weighted by molar-refractivity contribution is 6.31. The van der Waals surface area contributed by atoms with Crippen LogP contribution in [-0.2, 0) is 0 Å². The summed E-state index contributed by atoms with van der Waals surface area (Å²) in [5.74, 6) is 0.318. The van der Waals surface area contributed by atoms with Gasteiger partial charge in [0.1, 0.15) is 23.6 Å². The highest BCUT2D eigenvalue weighted by Crippen LogP contribution is 2.33. The van der Waals surface area contributed by atoms with E-state index in [1.807, 2.05) is 18.2 Å². The summed E-state index contributed by atoms with van der Waals surface area (Å²) >= 11 is 5.91. The van der Waals surface area contributed by atoms with Gasteiger partial charge in [-0.3, -0.25) is 0 Å². The van der Waals surface area contributed by atoms with E-state index in [1.54, 1.807) is 36.4 Å². The summed E-state index contributed by atoms with van der Waals surface area (Å²) in [6.07, 6.45) is -2.16. The zero-order valence-electron chi connectivity index (χ0n) is 10.5. The van der Waals surface area contributed by atoms with Crippen molar-refractivity contribution in [2.45, 2.75) is 12.2 Å². The van der Waals surface area contributed by atoms with Crippen LogP contribution >= 0.6 is 11.6 Å². The van der Waals surface area contributed by atoms with Crippen molar-refractivity contribution in [2.24, 2.45) is 0 Å². The van der Waals surface area contributed by atoms with Gasteiger partial charge < -0.3 is 14.6 Å². The predicted octanol–water partition coefficient (Wildman–Crippen LogP) is 3.85. The van der Waals surface area contributed by atoms with Crippen LogP contribution in [0.4, 0.5) is 0 Å². The minimum absolute atomic E-state index is 0.318. The topological polar surface area (TPSA) is 53.6 Å². The van der Waals surface area contributed by atoms with Gasteiger partial charge in [0.2, 0.25) is 0 Å². The summed E-state index contributed by atoms with van der Waals surface area (Å²) in [6.45, 7) is 0. The average molecular weight is 289 g/mol. The lowest BCUT2D eigenvalue weighted by molar-refractivity contribution is 0.00506. The Morgan fingerprint density at radius 2 is 1.65 bits per heavy atom. The fourth-order valence-electron chi connectivity index (χ4n) is 2.17. The molecule has 20 heavy (non-hydrogen) atoms. The number of halogens is 1. The summed E-state index contributed by atoms with van der Waals surface area (Å²) in [4.78, 5) is 0. The van der Waals surface area contributed by atoms with Gasteiger partial charge in [0.05, 0.1) is 0 Å². The van der Waals surface area contributed by atoms with Gasteiger partial charge in [-0.15, -0.1) is 0 Å². The Kier molecular flexibility index (Phi) is 3.49. The van der Waals surface area contributed by atoms with E-state index in [-0.39, 0.29) is 0 Å². The lowest BCUT2D eigenvalue weighted by atomic mass is 10.0. The van der Waals surface area contributed by atoms with Gasteiger partial charge >= 0.3 is 0 Å². The van der Waals surface area contributed by atoms with Crippen LogP contribution in [0.3, 0.4) is 0 Å². The molecule has 1 aromatic heterocycles. The van der Waals surface area contributed by atoms with E-state index in [4.69, 9.17) is 16.0 Å². The number of hydrogen-bond donors (Lipinski definition) is 2. The Labute approximate surface area is 121 Å². The molecule has 0 saturated carbocycles. The molecule has 0 saturated heterocycles. The molecule has 0 aliphatic carbocycles. The van der Waals surface area contributed by atoms with E-state index in [2.05, 4.69) is 0 Å². The van der Waals surface area contributed by atoms with Crippen LogP contribution in [0, 0.1) is 0 Å². The first kappa shape index (κ1) is 13.2. The van der Waals surface area contributed by atoms with E-state index in [9.17, 15) is 10.2 Å². The molecule has 0 aliphatic rings. The van der Waals surface area contributed by atoms with Crippen molar-refractivity contribution in [3.05, 3.63) is 70.9 Å². The largest absolute Gasteiger partial charge is 0.458 e. The first-order valence-electron chi connectivity index (χ1n) is 6.25. The maximum absolute atomic E-state index is 10.2. The van der Waals surface area contributed by atoms with Gasteiger partial charge in [-0.1, -0.05) is 41.9 Å². The molecule has 0 fully saturated rings. The molecule has 4 heteroatoms. The molecule has 102 valence electrons. The maximum Gasteiger partial charge on any atom is 0.142 e. The number of hydrogen-bond acceptors (Lipinski definition) is 3. The first-order chi connectivity index (χ1) is 9.65. The predicted molar refractivity (Wildman–Crippen MR) is 77.6 cm³/mol. The first-order valence-corrected chi connectivity index (χ1v) is 6.63. The smallest absolute Gasteiger partial charge is 0.142 e. The zero-order valence-corrected chi connectivity index (χ0v) is 11.3. The Hall–Kier alpha value is -1.81. The molecular weight excluding hydrogens is 276 g/mol. The summed E-state index contributed by atoms with van der Waals surface area (Å²) in [5.41, 5.74) is 1.27. The van der Waals surface area contributed by atoms with Crippen LogP contribution in [0.1, 0.15) is 23.5 Å². The van der Waals surface area contributed by atoms with Gasteiger partial charge in [-0.2, -0.15) is 0 Å². The summed E-state index contributed by atoms with van der Waals surface area (Å²) in [7, 11) is 0. The number of rotatable bonds is 3. The Balaban J connectivity index is 1.94. The second-order valence-electron chi connectivity index (χ2n) is 4.63. The summed E-state index contributed by atoms with van der Waals surface area (Å²) in [5, 5.41) is 21.8. The molecular formula is C16H13ClO3. The molecule has 0 aliphatic heterocycles. The lowest BCUT2D eigenvalue weighted by Gasteiger charge is -2.15. The van der Waals surface area contributed by atoms with Crippen molar-refractivity contribution in [3.63, 3.8) is 0 Å². The second kappa shape index (κ2) is 5.29. The third-order valence-electron chi connectivity index (χ3n) is 3.23. The van der Waals surface area contributed by atoms with Crippen LogP contribution in [-0.4, -0.2) is 10.2 Å². The summed E-state index contributed by atoms with van der Waals surface area (Å²) < 4.78 is 5.56. The highest BCUT2D eigenvalue weighted by atomic mass is 35.5. The molecule has 2 atom stereocenters. The molecule has 0 bridgehead atoms. The molecule has 1 heterocycles. The van der Waals surface area contributed by atoms with Gasteiger partial charge in [0, 0.05) is 10.4 Å². The van der Waals surface area contributed by atoms with Gasteiger partial charge in [-0.05, 0) is 29.8 Å². The van der Waals surface area contributed by atoms with Crippen molar-refractivity contribution >= 4 is 22.6 Å². The minimum atomic E-state index is -1.12. The minimum Gasteiger partial charge on any atom is -0.458 e. The zero-order chi connectivity index (χ0) is 14.1. The Morgan fingerprint density at radius 3 is 2.40 bits per heavy atom. The van der Waals surface area contributed by atoms with Crippen molar-refractivity contribution in [3.8, 4) is 0 Å². The molecule has 2 N–H and O–H groups in total. The Morgan fingerprint density at radius 1 is 0.900 bits per heavy atom. The van der Waals surface area contributed by atoms with E-state index in [0.717, 1.165) is 5.39 Å². The molecule has 0 amide bonds. The van der Waals surface area contributed by atoms with Crippen molar-refractivity contribution in [1.29, 1.82) is 0 Å². The molecule has 3 aromatic rings. The normalized spacial score (nSPS) is 14.3. The molecule has 2 unspecified atom stereocenters. The quantitative estimate of drug-likeness (QED) is 0.769. The molecule has 3 rings (SSSR count). The maximum atomic E-state index is 10.2. The Bertz CT molecular complexity index is 721. The van der Waals surface area contributed by atoms with Crippen LogP contribution in [0.5, 0.6) is 0 Å². The van der Waals surface area contributed by atoms with E-state index in [1.165, 1.54) is 0 Å². The number of benzene rings is 2. The van der Waals surface area contributed by atoms with Crippen LogP contribution in [0.2, 0.25) is 5.02 Å². The standard InChI is InChI=1S/C16H13ClO3/c17-12-6-7-13-11(8-12)9-14(20-13)16(19)15(18)10-4-2-1-3-5-10/h1-9,15-16,18-19H. The van der Waals surface area contributed by atoms with Crippen LogP contribution in [0.25, 0.3) is 11.0 Å². The number of fused-ring (bicyclic) bond motifs is 1. The monoisotopic (exact) mass is 288 g/mol. The molecule has 0 spiro atoms. The number of furan rings is 1. The van der Waals surface area contributed by atoms with E-state index in [0.29, 0.717) is 21.9 Å². The third kappa shape index (κ3) is 2.43. The molecule has 2 aromatic carbocycles. The fourth-order valence-corrected chi connectivity index (χ4v) is 2.35. The van der Waals surface area contributed by atoms with E-state index < -0.39 is 12.2 Å². The average Bonchev–Trinajstić information content (AvgIpc) is 2.89. The molecule has 0 radical (unpaired) electrons. The van der Waals surface area contributed by atoms with E-state index >= 15 is 0 Å². The number of aliphatic hydroxyl groups excluding tert-OH is 2. The van der Waals surface area contributed by atoms with Crippen LogP contribution < -0.4 is 0 Å². The van der Waals surface area contributed by atoms with Crippen molar-refractivity contribution in [1.82, 2.24) is 0 Å². The lowest BCUT2D eigenvalue weighted by Crippen LogP contribution is -2.09. The highest BCUT2D eigenvalue weighted by Gasteiger charge is 2.23. The molecule has 3 nitrogen and oxygen atoms in total. The number of aliphatic hydroxyl groups is 2. The second-order valence-corrected chi connectivity index (χ2v) is 5.07.